The van der Waals surface area contributed by atoms with Crippen LogP contribution in [0.1, 0.15) is 45.0 Å². The van der Waals surface area contributed by atoms with Gasteiger partial charge in [0.05, 0.1) is 34.8 Å². The number of nitrogens with zero attached hydrogens (tertiary/aromatic N) is 1. The van der Waals surface area contributed by atoms with E-state index in [2.05, 4.69) is 31.8 Å². The maximum Gasteiger partial charge on any atom is 0.341 e. The smallest absolute Gasteiger partial charge is 0.341 e. The maximum atomic E-state index is 12.2. The average Bonchev–Trinajstić information content (AvgIpc) is 2.98. The average molecular weight is 482 g/mol. The number of thiophene rings is 1. The second-order valence-electron chi connectivity index (χ2n) is 5.76. The van der Waals surface area contributed by atoms with E-state index in [-0.39, 0.29) is 23.0 Å². The van der Waals surface area contributed by atoms with Gasteiger partial charge in [-0.15, -0.1) is 11.3 Å². The van der Waals surface area contributed by atoms with Crippen LogP contribution in [0.2, 0.25) is 0 Å². The summed E-state index contributed by atoms with van der Waals surface area (Å²) >= 11 is 4.39. The summed E-state index contributed by atoms with van der Waals surface area (Å²) in [4.78, 5) is 36.6. The van der Waals surface area contributed by atoms with Crippen LogP contribution in [0.3, 0.4) is 0 Å². The van der Waals surface area contributed by atoms with Gasteiger partial charge in [-0.1, -0.05) is 0 Å². The van der Waals surface area contributed by atoms with Gasteiger partial charge in [-0.2, -0.15) is 5.10 Å². The highest BCUT2D eigenvalue weighted by molar-refractivity contribution is 9.10. The van der Waals surface area contributed by atoms with E-state index in [1.54, 1.807) is 39.2 Å². The fourth-order valence-corrected chi connectivity index (χ4v) is 4.09. The second kappa shape index (κ2) is 10.2. The molecule has 2 rings (SSSR count). The molecular weight excluding hydrogens is 462 g/mol. The van der Waals surface area contributed by atoms with Crippen molar-refractivity contribution in [2.75, 3.05) is 19.0 Å². The van der Waals surface area contributed by atoms with Gasteiger partial charge in [0.1, 0.15) is 10.8 Å². The summed E-state index contributed by atoms with van der Waals surface area (Å²) in [5.74, 6) is -0.126. The van der Waals surface area contributed by atoms with Crippen molar-refractivity contribution < 1.29 is 23.9 Å². The molecule has 154 valence electrons. The van der Waals surface area contributed by atoms with Crippen LogP contribution in [0.5, 0.6) is 5.75 Å². The fourth-order valence-electron chi connectivity index (χ4n) is 2.45. The Bertz CT molecular complexity index is 971. The number of ketones is 1. The molecule has 0 aliphatic heterocycles. The predicted octanol–water partition coefficient (Wildman–Crippen LogP) is 4.36. The normalized spacial score (nSPS) is 10.7. The number of nitrogens with one attached hydrogen (secondary N) is 2. The molecule has 0 bridgehead atoms. The van der Waals surface area contributed by atoms with Crippen LogP contribution < -0.4 is 15.5 Å². The number of rotatable bonds is 7. The van der Waals surface area contributed by atoms with Gasteiger partial charge in [-0.05, 0) is 66.0 Å². The van der Waals surface area contributed by atoms with E-state index in [0.717, 1.165) is 21.4 Å². The highest BCUT2D eigenvalue weighted by Crippen LogP contribution is 2.34. The number of benzene rings is 1. The molecule has 2 amide bonds. The molecule has 2 N–H and O–H groups in total. The highest BCUT2D eigenvalue weighted by Gasteiger charge is 2.25. The molecule has 0 spiro atoms. The summed E-state index contributed by atoms with van der Waals surface area (Å²) in [6.45, 7) is 4.89. The zero-order valence-corrected chi connectivity index (χ0v) is 18.7. The first-order chi connectivity index (χ1) is 13.8. The van der Waals surface area contributed by atoms with Crippen molar-refractivity contribution in [3.05, 3.63) is 44.2 Å². The molecule has 0 saturated heterocycles. The number of carbonyl (C=O) groups excluding carboxylic acids is 3. The molecule has 8 nitrogen and oxygen atoms in total. The monoisotopic (exact) mass is 481 g/mol. The molecule has 29 heavy (non-hydrogen) atoms. The number of Topliss-reactive ketones (excluding diaryl/α,β-unsaturated/α-hetero) is 1. The zero-order valence-electron chi connectivity index (χ0n) is 16.3. The number of methoxy groups -OCH3 is 1. The van der Waals surface area contributed by atoms with Crippen molar-refractivity contribution in [1.29, 1.82) is 0 Å². The van der Waals surface area contributed by atoms with Gasteiger partial charge in [-0.3, -0.25) is 10.1 Å². The van der Waals surface area contributed by atoms with Crippen LogP contribution in [0, 0.1) is 6.92 Å². The number of urea groups is 1. The minimum absolute atomic E-state index is 0.167. The number of carbonyl (C=O) groups is 3. The lowest BCUT2D eigenvalue weighted by Gasteiger charge is -2.06. The van der Waals surface area contributed by atoms with E-state index in [1.165, 1.54) is 13.1 Å². The Hall–Kier alpha value is -2.72. The standard InChI is InChI=1S/C19H20BrN3O5S/c1-5-28-18(25)15-10(2)16(11(3)24)29-17(15)22-19(26)23-21-9-12-6-7-14(27-4)13(20)8-12/h6-9H,5H2,1-4H3,(H2,22,23,26). The topological polar surface area (TPSA) is 106 Å². The highest BCUT2D eigenvalue weighted by atomic mass is 79.9. The van der Waals surface area contributed by atoms with Gasteiger partial charge < -0.3 is 9.47 Å². The van der Waals surface area contributed by atoms with Gasteiger partial charge in [0.2, 0.25) is 0 Å². The number of ether oxygens (including phenoxy) is 2. The molecular formula is C19H20BrN3O5S. The first-order valence-electron chi connectivity index (χ1n) is 8.53. The second-order valence-corrected chi connectivity index (χ2v) is 7.63. The summed E-state index contributed by atoms with van der Waals surface area (Å²) in [5.41, 5.74) is 3.70. The molecule has 0 atom stereocenters. The minimum atomic E-state index is -0.657. The van der Waals surface area contributed by atoms with Gasteiger partial charge in [0.25, 0.3) is 0 Å². The van der Waals surface area contributed by atoms with E-state index in [9.17, 15) is 14.4 Å². The van der Waals surface area contributed by atoms with Gasteiger partial charge >= 0.3 is 12.0 Å². The van der Waals surface area contributed by atoms with E-state index < -0.39 is 12.0 Å². The number of hydrazone groups is 1. The van der Waals surface area contributed by atoms with E-state index >= 15 is 0 Å². The van der Waals surface area contributed by atoms with E-state index in [4.69, 9.17) is 9.47 Å². The molecule has 1 aromatic carbocycles. The number of esters is 1. The van der Waals surface area contributed by atoms with Crippen molar-refractivity contribution in [3.8, 4) is 5.75 Å². The van der Waals surface area contributed by atoms with Crippen molar-refractivity contribution in [2.45, 2.75) is 20.8 Å². The lowest BCUT2D eigenvalue weighted by molar-refractivity contribution is 0.0527. The molecule has 0 saturated carbocycles. The third-order valence-electron chi connectivity index (χ3n) is 3.73. The molecule has 0 aliphatic rings. The summed E-state index contributed by atoms with van der Waals surface area (Å²) < 4.78 is 10.9. The lowest BCUT2D eigenvalue weighted by Crippen LogP contribution is -2.24. The number of amides is 2. The molecule has 10 heteroatoms. The van der Waals surface area contributed by atoms with Crippen molar-refractivity contribution in [1.82, 2.24) is 5.43 Å². The third-order valence-corrected chi connectivity index (χ3v) is 5.66. The Balaban J connectivity index is 2.13. The quantitative estimate of drug-likeness (QED) is 0.264. The van der Waals surface area contributed by atoms with Crippen LogP contribution >= 0.6 is 27.3 Å². The summed E-state index contributed by atoms with van der Waals surface area (Å²) in [6.07, 6.45) is 1.46. The van der Waals surface area contributed by atoms with Crippen molar-refractivity contribution in [3.63, 3.8) is 0 Å². The Morgan fingerprint density at radius 2 is 2.03 bits per heavy atom. The number of halogens is 1. The van der Waals surface area contributed by atoms with E-state index in [1.807, 2.05) is 0 Å². The summed E-state index contributed by atoms with van der Waals surface area (Å²) in [5, 5.41) is 6.66. The van der Waals surface area contributed by atoms with E-state index in [0.29, 0.717) is 16.2 Å². The van der Waals surface area contributed by atoms with Gasteiger partial charge in [0, 0.05) is 0 Å². The number of hydrogen-bond acceptors (Lipinski definition) is 7. The summed E-state index contributed by atoms with van der Waals surface area (Å²) in [6, 6.07) is 4.65. The first-order valence-corrected chi connectivity index (χ1v) is 10.1. The molecule has 1 heterocycles. The third kappa shape index (κ3) is 5.64. The van der Waals surface area contributed by atoms with Crippen LogP contribution in [-0.4, -0.2) is 37.7 Å². The number of anilines is 1. The number of hydrogen-bond donors (Lipinski definition) is 2. The molecule has 0 fully saturated rings. The van der Waals surface area contributed by atoms with Gasteiger partial charge in [0.15, 0.2) is 5.78 Å². The molecule has 0 aliphatic carbocycles. The minimum Gasteiger partial charge on any atom is -0.496 e. The predicted molar refractivity (Wildman–Crippen MR) is 115 cm³/mol. The van der Waals surface area contributed by atoms with Crippen LogP contribution in [-0.2, 0) is 4.74 Å². The van der Waals surface area contributed by atoms with Crippen molar-refractivity contribution >= 4 is 56.3 Å². The van der Waals surface area contributed by atoms with Crippen LogP contribution in [0.25, 0.3) is 0 Å². The Morgan fingerprint density at radius 3 is 2.62 bits per heavy atom. The molecule has 2 aromatic rings. The lowest BCUT2D eigenvalue weighted by atomic mass is 10.1. The zero-order chi connectivity index (χ0) is 21.6. The largest absolute Gasteiger partial charge is 0.496 e. The molecule has 1 aromatic heterocycles. The summed E-state index contributed by atoms with van der Waals surface area (Å²) in [7, 11) is 1.56. The Labute approximate surface area is 180 Å². The Kier molecular flexibility index (Phi) is 7.91. The molecule has 0 unspecified atom stereocenters. The maximum absolute atomic E-state index is 12.2. The first kappa shape index (κ1) is 22.6. The van der Waals surface area contributed by atoms with Crippen LogP contribution in [0.4, 0.5) is 9.80 Å². The Morgan fingerprint density at radius 1 is 1.31 bits per heavy atom. The fraction of sp³-hybridized carbons (Fsp3) is 0.263. The SMILES string of the molecule is CCOC(=O)c1c(NC(=O)NN=Cc2ccc(OC)c(Br)c2)sc(C(C)=O)c1C. The molecule has 0 radical (unpaired) electrons. The van der Waals surface area contributed by atoms with Gasteiger partial charge in [-0.25, -0.2) is 15.0 Å². The van der Waals surface area contributed by atoms with Crippen molar-refractivity contribution in [2.24, 2.45) is 5.10 Å². The van der Waals surface area contributed by atoms with Crippen LogP contribution in [0.15, 0.2) is 27.8 Å².